The molecule has 0 spiro atoms. The SMILES string of the molecule is Cn1ncc(C(=O)NCCc2ccc(Cl)cc2Cl)c1N. The van der Waals surface area contributed by atoms with Gasteiger partial charge in [0.05, 0.1) is 6.20 Å². The molecule has 7 heteroatoms. The first kappa shape index (κ1) is 14.7. The average Bonchev–Trinajstić information content (AvgIpc) is 2.72. The highest BCUT2D eigenvalue weighted by Gasteiger charge is 2.13. The Morgan fingerprint density at radius 2 is 2.20 bits per heavy atom. The Balaban J connectivity index is 1.93. The number of hydrogen-bond acceptors (Lipinski definition) is 3. The van der Waals surface area contributed by atoms with E-state index in [1.54, 1.807) is 19.2 Å². The smallest absolute Gasteiger partial charge is 0.256 e. The summed E-state index contributed by atoms with van der Waals surface area (Å²) in [5, 5.41) is 7.88. The topological polar surface area (TPSA) is 72.9 Å². The normalized spacial score (nSPS) is 10.6. The predicted molar refractivity (Wildman–Crippen MR) is 80.1 cm³/mol. The second kappa shape index (κ2) is 6.15. The van der Waals surface area contributed by atoms with Crippen LogP contribution in [-0.2, 0) is 13.5 Å². The fraction of sp³-hybridized carbons (Fsp3) is 0.231. The number of nitrogens with zero attached hydrogens (tertiary/aromatic N) is 2. The van der Waals surface area contributed by atoms with E-state index in [0.717, 1.165) is 5.56 Å². The average molecular weight is 313 g/mol. The molecule has 0 fully saturated rings. The van der Waals surface area contributed by atoms with E-state index in [1.807, 2.05) is 6.07 Å². The third-order valence-corrected chi connectivity index (χ3v) is 3.51. The maximum Gasteiger partial charge on any atom is 0.256 e. The molecule has 0 radical (unpaired) electrons. The van der Waals surface area contributed by atoms with Crippen LogP contribution in [0.4, 0.5) is 5.82 Å². The second-order valence-corrected chi connectivity index (χ2v) is 5.15. The van der Waals surface area contributed by atoms with Crippen LogP contribution in [0.3, 0.4) is 0 Å². The molecule has 0 bridgehead atoms. The maximum atomic E-state index is 11.9. The Morgan fingerprint density at radius 3 is 2.80 bits per heavy atom. The first-order chi connectivity index (χ1) is 9.49. The number of aromatic nitrogens is 2. The highest BCUT2D eigenvalue weighted by molar-refractivity contribution is 6.35. The summed E-state index contributed by atoms with van der Waals surface area (Å²) >= 11 is 11.9. The van der Waals surface area contributed by atoms with E-state index in [0.29, 0.717) is 34.4 Å². The molecule has 0 aliphatic carbocycles. The Hall–Kier alpha value is -1.72. The Bertz CT molecular complexity index is 639. The van der Waals surface area contributed by atoms with Gasteiger partial charge in [-0.15, -0.1) is 0 Å². The summed E-state index contributed by atoms with van der Waals surface area (Å²) in [6, 6.07) is 5.29. The molecule has 0 saturated carbocycles. The maximum absolute atomic E-state index is 11.9. The quantitative estimate of drug-likeness (QED) is 0.909. The van der Waals surface area contributed by atoms with Gasteiger partial charge in [0.2, 0.25) is 0 Å². The Kier molecular flexibility index (Phi) is 4.52. The number of nitrogens with two attached hydrogens (primary N) is 1. The number of hydrogen-bond donors (Lipinski definition) is 2. The lowest BCUT2D eigenvalue weighted by Crippen LogP contribution is -2.26. The van der Waals surface area contributed by atoms with Gasteiger partial charge in [-0.3, -0.25) is 9.48 Å². The van der Waals surface area contributed by atoms with Crippen molar-refractivity contribution < 1.29 is 4.79 Å². The third-order valence-electron chi connectivity index (χ3n) is 2.92. The first-order valence-corrected chi connectivity index (χ1v) is 6.74. The summed E-state index contributed by atoms with van der Waals surface area (Å²) in [6.45, 7) is 0.453. The molecule has 1 amide bonds. The minimum absolute atomic E-state index is 0.249. The molecule has 2 aromatic rings. The number of anilines is 1. The summed E-state index contributed by atoms with van der Waals surface area (Å²) in [4.78, 5) is 11.9. The predicted octanol–water partition coefficient (Wildman–Crippen LogP) is 2.28. The molecule has 106 valence electrons. The van der Waals surface area contributed by atoms with Crippen molar-refractivity contribution in [1.82, 2.24) is 15.1 Å². The summed E-state index contributed by atoms with van der Waals surface area (Å²) < 4.78 is 1.45. The zero-order valence-corrected chi connectivity index (χ0v) is 12.4. The van der Waals surface area contributed by atoms with Crippen molar-refractivity contribution in [3.8, 4) is 0 Å². The van der Waals surface area contributed by atoms with E-state index < -0.39 is 0 Å². The fourth-order valence-corrected chi connectivity index (χ4v) is 2.26. The van der Waals surface area contributed by atoms with Crippen molar-refractivity contribution in [3.63, 3.8) is 0 Å². The van der Waals surface area contributed by atoms with Gasteiger partial charge in [0, 0.05) is 23.6 Å². The second-order valence-electron chi connectivity index (χ2n) is 4.31. The van der Waals surface area contributed by atoms with Gasteiger partial charge in [0.15, 0.2) is 0 Å². The standard InChI is InChI=1S/C13H14Cl2N4O/c1-19-12(16)10(7-18-19)13(20)17-5-4-8-2-3-9(14)6-11(8)15/h2-3,6-7H,4-5,16H2,1H3,(H,17,20). The number of nitrogens with one attached hydrogen (secondary N) is 1. The van der Waals surface area contributed by atoms with Crippen LogP contribution in [0.1, 0.15) is 15.9 Å². The van der Waals surface area contributed by atoms with Gasteiger partial charge in [-0.05, 0) is 24.1 Å². The van der Waals surface area contributed by atoms with Crippen LogP contribution in [0.5, 0.6) is 0 Å². The number of benzene rings is 1. The minimum atomic E-state index is -0.249. The molecule has 0 aliphatic rings. The zero-order valence-electron chi connectivity index (χ0n) is 10.9. The molecule has 3 N–H and O–H groups in total. The molecular weight excluding hydrogens is 299 g/mol. The summed E-state index contributed by atoms with van der Waals surface area (Å²) in [7, 11) is 1.68. The number of carbonyl (C=O) groups excluding carboxylic acids is 1. The van der Waals surface area contributed by atoms with Crippen LogP contribution in [0.25, 0.3) is 0 Å². The van der Waals surface area contributed by atoms with Gasteiger partial charge >= 0.3 is 0 Å². The number of aryl methyl sites for hydroxylation is 1. The van der Waals surface area contributed by atoms with Gasteiger partial charge in [-0.2, -0.15) is 5.10 Å². The first-order valence-electron chi connectivity index (χ1n) is 5.98. The lowest BCUT2D eigenvalue weighted by molar-refractivity contribution is 0.0955. The van der Waals surface area contributed by atoms with Gasteiger partial charge in [0.1, 0.15) is 11.4 Å². The van der Waals surface area contributed by atoms with Gasteiger partial charge < -0.3 is 11.1 Å². The molecule has 5 nitrogen and oxygen atoms in total. The minimum Gasteiger partial charge on any atom is -0.383 e. The zero-order chi connectivity index (χ0) is 14.7. The molecular formula is C13H14Cl2N4O. The number of carbonyl (C=O) groups is 1. The van der Waals surface area contributed by atoms with Crippen molar-refractivity contribution in [2.45, 2.75) is 6.42 Å². The molecule has 0 unspecified atom stereocenters. The van der Waals surface area contributed by atoms with Crippen molar-refractivity contribution >= 4 is 34.9 Å². The van der Waals surface area contributed by atoms with Crippen LogP contribution in [0.15, 0.2) is 24.4 Å². The Labute approximate surface area is 126 Å². The van der Waals surface area contributed by atoms with E-state index in [9.17, 15) is 4.79 Å². The molecule has 1 heterocycles. The van der Waals surface area contributed by atoms with Crippen LogP contribution in [0.2, 0.25) is 10.0 Å². The number of amides is 1. The van der Waals surface area contributed by atoms with E-state index in [-0.39, 0.29) is 5.91 Å². The van der Waals surface area contributed by atoms with Gasteiger partial charge in [-0.25, -0.2) is 0 Å². The van der Waals surface area contributed by atoms with E-state index >= 15 is 0 Å². The number of nitrogen functional groups attached to an aromatic ring is 1. The van der Waals surface area contributed by atoms with Crippen molar-refractivity contribution in [1.29, 1.82) is 0 Å². The van der Waals surface area contributed by atoms with Crippen LogP contribution < -0.4 is 11.1 Å². The lowest BCUT2D eigenvalue weighted by Gasteiger charge is -2.07. The summed E-state index contributed by atoms with van der Waals surface area (Å²) in [5.74, 6) is 0.0905. The largest absolute Gasteiger partial charge is 0.383 e. The third kappa shape index (κ3) is 3.23. The summed E-state index contributed by atoms with van der Waals surface area (Å²) in [5.41, 5.74) is 7.03. The molecule has 0 aliphatic heterocycles. The van der Waals surface area contributed by atoms with Crippen LogP contribution >= 0.6 is 23.2 Å². The van der Waals surface area contributed by atoms with E-state index in [1.165, 1.54) is 10.9 Å². The molecule has 1 aromatic carbocycles. The molecule has 0 atom stereocenters. The Morgan fingerprint density at radius 1 is 1.45 bits per heavy atom. The fourth-order valence-electron chi connectivity index (χ4n) is 1.75. The van der Waals surface area contributed by atoms with Crippen LogP contribution in [-0.4, -0.2) is 22.2 Å². The van der Waals surface area contributed by atoms with E-state index in [2.05, 4.69) is 10.4 Å². The van der Waals surface area contributed by atoms with Gasteiger partial charge in [-0.1, -0.05) is 29.3 Å². The highest BCUT2D eigenvalue weighted by atomic mass is 35.5. The monoisotopic (exact) mass is 312 g/mol. The van der Waals surface area contributed by atoms with Crippen molar-refractivity contribution in [2.24, 2.45) is 7.05 Å². The highest BCUT2D eigenvalue weighted by Crippen LogP contribution is 2.21. The molecule has 0 saturated heterocycles. The summed E-state index contributed by atoms with van der Waals surface area (Å²) in [6.07, 6.45) is 2.06. The van der Waals surface area contributed by atoms with Crippen LogP contribution in [0, 0.1) is 0 Å². The van der Waals surface area contributed by atoms with Crippen molar-refractivity contribution in [2.75, 3.05) is 12.3 Å². The lowest BCUT2D eigenvalue weighted by atomic mass is 10.1. The molecule has 2 rings (SSSR count). The van der Waals surface area contributed by atoms with Gasteiger partial charge in [0.25, 0.3) is 5.91 Å². The molecule has 20 heavy (non-hydrogen) atoms. The van der Waals surface area contributed by atoms with Crippen molar-refractivity contribution in [3.05, 3.63) is 45.6 Å². The van der Waals surface area contributed by atoms with E-state index in [4.69, 9.17) is 28.9 Å². The number of rotatable bonds is 4. The number of halogens is 2. The molecule has 1 aromatic heterocycles.